The fraction of sp³-hybridized carbons (Fsp3) is 0.514. The molecule has 1 saturated carbocycles. The molecule has 3 aromatic rings. The van der Waals surface area contributed by atoms with Gasteiger partial charge in [-0.2, -0.15) is 0 Å². The summed E-state index contributed by atoms with van der Waals surface area (Å²) < 4.78 is 18.8. The Bertz CT molecular complexity index is 1560. The number of nitrogens with one attached hydrogen (secondary N) is 1. The maximum atomic E-state index is 13.7. The zero-order valence-corrected chi connectivity index (χ0v) is 29.5. The minimum atomic E-state index is -2.04. The summed E-state index contributed by atoms with van der Waals surface area (Å²) >= 11 is 0. The molecular formula is C37H50N2O5Si. The Morgan fingerprint density at radius 2 is 1.67 bits per heavy atom. The summed E-state index contributed by atoms with van der Waals surface area (Å²) in [5.41, 5.74) is 1.67. The van der Waals surface area contributed by atoms with E-state index in [9.17, 15) is 9.59 Å². The number of carbonyl (C=O) groups is 2. The molecule has 7 nitrogen and oxygen atoms in total. The number of aryl methyl sites for hydroxylation is 1. The van der Waals surface area contributed by atoms with Crippen LogP contribution in [0.25, 0.3) is 10.8 Å². The van der Waals surface area contributed by atoms with Gasteiger partial charge in [0.1, 0.15) is 18.0 Å². The zero-order valence-electron chi connectivity index (χ0n) is 28.5. The van der Waals surface area contributed by atoms with Crippen molar-refractivity contribution in [2.45, 2.75) is 109 Å². The van der Waals surface area contributed by atoms with E-state index in [1.54, 1.807) is 4.90 Å². The Kier molecular flexibility index (Phi) is 8.88. The third-order valence-corrected chi connectivity index (χ3v) is 14.1. The Hall–Kier alpha value is -3.36. The van der Waals surface area contributed by atoms with Crippen molar-refractivity contribution >= 4 is 31.1 Å². The molecule has 1 N–H and O–H groups in total. The molecule has 1 aliphatic heterocycles. The summed E-state index contributed by atoms with van der Waals surface area (Å²) in [6.07, 6.45) is 2.03. The number of fused-ring (bicyclic) bond motifs is 1. The van der Waals surface area contributed by atoms with E-state index in [2.05, 4.69) is 69.5 Å². The fourth-order valence-corrected chi connectivity index (χ4v) is 7.25. The molecule has 2 atom stereocenters. The summed E-state index contributed by atoms with van der Waals surface area (Å²) in [5.74, 6) is 0.487. The molecule has 3 aromatic carbocycles. The van der Waals surface area contributed by atoms with E-state index < -0.39 is 13.9 Å². The number of nitrogens with zero attached hydrogens (tertiary/aromatic N) is 1. The lowest BCUT2D eigenvalue weighted by Gasteiger charge is -2.38. The van der Waals surface area contributed by atoms with Crippen molar-refractivity contribution in [1.82, 2.24) is 10.2 Å². The lowest BCUT2D eigenvalue weighted by molar-refractivity contribution is 0.0174. The lowest BCUT2D eigenvalue weighted by Crippen LogP contribution is -2.45. The van der Waals surface area contributed by atoms with Crippen LogP contribution in [0.2, 0.25) is 18.1 Å². The molecule has 2 amide bonds. The van der Waals surface area contributed by atoms with Crippen LogP contribution in [-0.4, -0.2) is 56.1 Å². The number of ether oxygens (including phenoxy) is 2. The van der Waals surface area contributed by atoms with E-state index in [-0.39, 0.29) is 41.3 Å². The predicted octanol–water partition coefficient (Wildman–Crippen LogP) is 8.35. The molecule has 45 heavy (non-hydrogen) atoms. The molecule has 242 valence electrons. The van der Waals surface area contributed by atoms with E-state index >= 15 is 0 Å². The molecule has 2 aliphatic rings. The first kappa shape index (κ1) is 33.0. The maximum Gasteiger partial charge on any atom is 0.410 e. The Morgan fingerprint density at radius 3 is 2.33 bits per heavy atom. The van der Waals surface area contributed by atoms with Crippen LogP contribution in [-0.2, 0) is 14.7 Å². The molecular weight excluding hydrogens is 581 g/mol. The van der Waals surface area contributed by atoms with Gasteiger partial charge in [0.25, 0.3) is 5.91 Å². The molecule has 1 aliphatic carbocycles. The normalized spacial score (nSPS) is 19.8. The molecule has 0 bridgehead atoms. The van der Waals surface area contributed by atoms with Gasteiger partial charge in [0.05, 0.1) is 17.7 Å². The number of benzene rings is 3. The van der Waals surface area contributed by atoms with E-state index in [1.807, 2.05) is 58.0 Å². The van der Waals surface area contributed by atoms with Gasteiger partial charge in [0.15, 0.2) is 8.32 Å². The SMILES string of the molecule is Cc1ccc(OCC2CC(O[Si](C)(C)C(C)(C)C)CN2C(=O)OC(C)(C)C)cc1C(=O)NC1(c2cccc3ccccc23)CC1. The molecule has 8 heteroatoms. The minimum absolute atomic E-state index is 0.0594. The summed E-state index contributed by atoms with van der Waals surface area (Å²) in [7, 11) is -2.04. The Balaban J connectivity index is 1.30. The highest BCUT2D eigenvalue weighted by Crippen LogP contribution is 2.48. The van der Waals surface area contributed by atoms with E-state index in [0.717, 1.165) is 24.0 Å². The largest absolute Gasteiger partial charge is 0.491 e. The molecule has 5 rings (SSSR count). The summed E-state index contributed by atoms with van der Waals surface area (Å²) in [6.45, 7) is 19.5. The predicted molar refractivity (Wildman–Crippen MR) is 182 cm³/mol. The smallest absolute Gasteiger partial charge is 0.410 e. The zero-order chi connectivity index (χ0) is 32.8. The first-order valence-corrected chi connectivity index (χ1v) is 19.1. The van der Waals surface area contributed by atoms with Gasteiger partial charge in [-0.3, -0.25) is 9.69 Å². The number of carbonyl (C=O) groups excluding carboxylic acids is 2. The van der Waals surface area contributed by atoms with Gasteiger partial charge in [0, 0.05) is 12.1 Å². The number of hydrogen-bond acceptors (Lipinski definition) is 5. The minimum Gasteiger partial charge on any atom is -0.491 e. The average Bonchev–Trinajstić information content (AvgIpc) is 3.61. The van der Waals surface area contributed by atoms with Gasteiger partial charge in [0.2, 0.25) is 0 Å². The van der Waals surface area contributed by atoms with Crippen molar-refractivity contribution in [3.8, 4) is 5.75 Å². The summed E-state index contributed by atoms with van der Waals surface area (Å²) in [6, 6.07) is 20.0. The van der Waals surface area contributed by atoms with Crippen LogP contribution in [0.5, 0.6) is 5.75 Å². The van der Waals surface area contributed by atoms with Crippen molar-refractivity contribution < 1.29 is 23.5 Å². The molecule has 2 fully saturated rings. The number of amides is 2. The first-order valence-electron chi connectivity index (χ1n) is 16.2. The van der Waals surface area contributed by atoms with Gasteiger partial charge < -0.3 is 19.2 Å². The van der Waals surface area contributed by atoms with E-state index in [4.69, 9.17) is 13.9 Å². The van der Waals surface area contributed by atoms with Crippen LogP contribution in [0.1, 0.15) is 82.3 Å². The van der Waals surface area contributed by atoms with Crippen molar-refractivity contribution in [2.75, 3.05) is 13.2 Å². The number of rotatable bonds is 8. The number of likely N-dealkylation sites (tertiary alicyclic amines) is 1. The van der Waals surface area contributed by atoms with Crippen LogP contribution >= 0.6 is 0 Å². The molecule has 0 spiro atoms. The standard InChI is InChI=1S/C37H50N2O5Si/c1-25-17-18-28(22-31(25)33(40)38-37(19-20-37)32-16-12-14-26-13-10-11-15-30(26)32)42-24-27-21-29(44-45(8,9)36(5,6)7)23-39(27)34(41)43-35(2,3)4/h10-18,22,27,29H,19-21,23-24H2,1-9H3,(H,38,40). The van der Waals surface area contributed by atoms with Gasteiger partial charge in [-0.15, -0.1) is 0 Å². The Labute approximate surface area is 269 Å². The second kappa shape index (κ2) is 12.1. The topological polar surface area (TPSA) is 77.1 Å². The van der Waals surface area contributed by atoms with Gasteiger partial charge in [-0.1, -0.05) is 69.3 Å². The van der Waals surface area contributed by atoms with Crippen LogP contribution in [0, 0.1) is 6.92 Å². The number of hydrogen-bond donors (Lipinski definition) is 1. The van der Waals surface area contributed by atoms with Gasteiger partial charge >= 0.3 is 6.09 Å². The van der Waals surface area contributed by atoms with E-state index in [1.165, 1.54) is 10.8 Å². The third kappa shape index (κ3) is 7.38. The highest BCUT2D eigenvalue weighted by atomic mass is 28.4. The summed E-state index contributed by atoms with van der Waals surface area (Å²) in [4.78, 5) is 28.7. The molecule has 1 saturated heterocycles. The van der Waals surface area contributed by atoms with Crippen molar-refractivity contribution in [2.24, 2.45) is 0 Å². The second-order valence-corrected chi connectivity index (χ2v) is 20.1. The van der Waals surface area contributed by atoms with Crippen LogP contribution < -0.4 is 10.1 Å². The van der Waals surface area contributed by atoms with Crippen molar-refractivity contribution in [3.63, 3.8) is 0 Å². The monoisotopic (exact) mass is 630 g/mol. The fourth-order valence-electron chi connectivity index (χ4n) is 5.90. The quantitative estimate of drug-likeness (QED) is 0.253. The first-order chi connectivity index (χ1) is 21.0. The van der Waals surface area contributed by atoms with Crippen LogP contribution in [0.15, 0.2) is 60.7 Å². The second-order valence-electron chi connectivity index (χ2n) is 15.4. The average molecular weight is 631 g/mol. The lowest BCUT2D eigenvalue weighted by atomic mass is 9.96. The third-order valence-electron chi connectivity index (χ3n) is 9.58. The molecule has 0 radical (unpaired) electrons. The Morgan fingerprint density at radius 1 is 0.978 bits per heavy atom. The van der Waals surface area contributed by atoms with E-state index in [0.29, 0.717) is 24.3 Å². The van der Waals surface area contributed by atoms with Crippen molar-refractivity contribution in [3.05, 3.63) is 77.4 Å². The maximum absolute atomic E-state index is 13.7. The van der Waals surface area contributed by atoms with Gasteiger partial charge in [-0.25, -0.2) is 4.79 Å². The summed E-state index contributed by atoms with van der Waals surface area (Å²) in [5, 5.41) is 5.77. The highest BCUT2D eigenvalue weighted by molar-refractivity contribution is 6.74. The van der Waals surface area contributed by atoms with Gasteiger partial charge in [-0.05, 0) is 99.1 Å². The van der Waals surface area contributed by atoms with Crippen LogP contribution in [0.3, 0.4) is 0 Å². The van der Waals surface area contributed by atoms with Crippen molar-refractivity contribution in [1.29, 1.82) is 0 Å². The molecule has 2 unspecified atom stereocenters. The molecule has 0 aromatic heterocycles. The highest BCUT2D eigenvalue weighted by Gasteiger charge is 2.47. The molecule has 1 heterocycles. The van der Waals surface area contributed by atoms with Crippen LogP contribution in [0.4, 0.5) is 4.79 Å².